The molecule has 0 aliphatic heterocycles. The molecular weight excluding hydrogens is 245 g/mol. The van der Waals surface area contributed by atoms with Crippen LogP contribution in [0.25, 0.3) is 0 Å². The number of nitrogens with one attached hydrogen (secondary N) is 1. The molecule has 1 aromatic carbocycles. The van der Waals surface area contributed by atoms with E-state index in [1.54, 1.807) is 12.1 Å². The number of methoxy groups -OCH3 is 1. The zero-order chi connectivity index (χ0) is 14.5. The van der Waals surface area contributed by atoms with Gasteiger partial charge in [0.2, 0.25) is 0 Å². The number of ether oxygens (including phenoxy) is 2. The average molecular weight is 269 g/mol. The molecular formula is C15H24FNO2. The number of hydrogen-bond acceptors (Lipinski definition) is 3. The number of benzene rings is 1. The van der Waals surface area contributed by atoms with E-state index in [2.05, 4.69) is 5.32 Å². The van der Waals surface area contributed by atoms with Crippen molar-refractivity contribution in [2.24, 2.45) is 0 Å². The Kier molecular flexibility index (Phi) is 5.76. The Morgan fingerprint density at radius 3 is 2.63 bits per heavy atom. The molecule has 0 saturated heterocycles. The largest absolute Gasteiger partial charge is 0.494 e. The normalized spacial score (nSPS) is 13.4. The summed E-state index contributed by atoms with van der Waals surface area (Å²) in [6, 6.07) is 5.03. The summed E-state index contributed by atoms with van der Waals surface area (Å²) in [6.07, 6.45) is 0. The first kappa shape index (κ1) is 15.9. The molecule has 0 heterocycles. The van der Waals surface area contributed by atoms with E-state index in [9.17, 15) is 4.39 Å². The van der Waals surface area contributed by atoms with Crippen molar-refractivity contribution in [2.45, 2.75) is 39.3 Å². The maximum Gasteiger partial charge on any atom is 0.165 e. The smallest absolute Gasteiger partial charge is 0.165 e. The van der Waals surface area contributed by atoms with Gasteiger partial charge in [-0.1, -0.05) is 6.07 Å². The molecule has 19 heavy (non-hydrogen) atoms. The molecule has 0 saturated carbocycles. The van der Waals surface area contributed by atoms with Gasteiger partial charge in [-0.05, 0) is 45.4 Å². The number of halogens is 1. The van der Waals surface area contributed by atoms with Crippen LogP contribution in [0.5, 0.6) is 5.75 Å². The summed E-state index contributed by atoms with van der Waals surface area (Å²) >= 11 is 0. The lowest BCUT2D eigenvalue weighted by atomic mass is 10.1. The van der Waals surface area contributed by atoms with Crippen molar-refractivity contribution in [2.75, 3.05) is 20.3 Å². The molecule has 1 atom stereocenters. The van der Waals surface area contributed by atoms with Crippen molar-refractivity contribution in [3.05, 3.63) is 29.6 Å². The van der Waals surface area contributed by atoms with Crippen LogP contribution in [0.15, 0.2) is 18.2 Å². The first-order chi connectivity index (χ1) is 8.89. The van der Waals surface area contributed by atoms with Crippen LogP contribution in [0.2, 0.25) is 0 Å². The van der Waals surface area contributed by atoms with Crippen LogP contribution in [0.4, 0.5) is 4.39 Å². The van der Waals surface area contributed by atoms with Gasteiger partial charge in [0.05, 0.1) is 12.7 Å². The highest BCUT2D eigenvalue weighted by Gasteiger charge is 2.19. The highest BCUT2D eigenvalue weighted by molar-refractivity contribution is 5.31. The van der Waals surface area contributed by atoms with Gasteiger partial charge in [0.15, 0.2) is 11.6 Å². The molecule has 0 amide bonds. The molecule has 1 rings (SSSR count). The van der Waals surface area contributed by atoms with E-state index in [1.165, 1.54) is 13.2 Å². The number of hydrogen-bond donors (Lipinski definition) is 1. The molecule has 4 heteroatoms. The maximum absolute atomic E-state index is 13.3. The predicted molar refractivity (Wildman–Crippen MR) is 75.1 cm³/mol. The fraction of sp³-hybridized carbons (Fsp3) is 0.600. The summed E-state index contributed by atoms with van der Waals surface area (Å²) in [5.41, 5.74) is 0.776. The Balaban J connectivity index is 2.65. The first-order valence-electron chi connectivity index (χ1n) is 6.60. The minimum Gasteiger partial charge on any atom is -0.494 e. The summed E-state index contributed by atoms with van der Waals surface area (Å²) in [6.45, 7) is 9.52. The van der Waals surface area contributed by atoms with Crippen molar-refractivity contribution < 1.29 is 13.9 Å². The molecule has 0 aromatic heterocycles. The van der Waals surface area contributed by atoms with Crippen LogP contribution in [0.3, 0.4) is 0 Å². The lowest BCUT2D eigenvalue weighted by Gasteiger charge is -2.27. The zero-order valence-corrected chi connectivity index (χ0v) is 12.4. The van der Waals surface area contributed by atoms with E-state index in [4.69, 9.17) is 9.47 Å². The monoisotopic (exact) mass is 269 g/mol. The Morgan fingerprint density at radius 1 is 1.37 bits per heavy atom. The van der Waals surface area contributed by atoms with Crippen LogP contribution in [-0.2, 0) is 4.74 Å². The minimum atomic E-state index is -0.340. The minimum absolute atomic E-state index is 0.106. The van der Waals surface area contributed by atoms with E-state index in [-0.39, 0.29) is 23.2 Å². The third-order valence-corrected chi connectivity index (χ3v) is 3.04. The van der Waals surface area contributed by atoms with Gasteiger partial charge in [0.25, 0.3) is 0 Å². The van der Waals surface area contributed by atoms with Crippen LogP contribution >= 0.6 is 0 Å². The van der Waals surface area contributed by atoms with Gasteiger partial charge in [-0.3, -0.25) is 0 Å². The predicted octanol–water partition coefficient (Wildman–Crippen LogP) is 3.30. The van der Waals surface area contributed by atoms with Crippen molar-refractivity contribution in [1.29, 1.82) is 0 Å². The van der Waals surface area contributed by atoms with E-state index >= 15 is 0 Å². The Labute approximate surface area is 115 Å². The summed E-state index contributed by atoms with van der Waals surface area (Å²) in [4.78, 5) is 0. The molecule has 0 bridgehead atoms. The third-order valence-electron chi connectivity index (χ3n) is 3.04. The number of rotatable bonds is 7. The maximum atomic E-state index is 13.3. The molecule has 1 unspecified atom stereocenters. The molecule has 0 aliphatic rings. The van der Waals surface area contributed by atoms with Crippen LogP contribution in [0, 0.1) is 5.82 Å². The van der Waals surface area contributed by atoms with Gasteiger partial charge in [-0.25, -0.2) is 4.39 Å². The Bertz CT molecular complexity index is 407. The molecule has 0 radical (unpaired) electrons. The first-order valence-corrected chi connectivity index (χ1v) is 6.60. The average Bonchev–Trinajstić information content (AvgIpc) is 2.36. The molecule has 3 nitrogen and oxygen atoms in total. The summed E-state index contributed by atoms with van der Waals surface area (Å²) in [7, 11) is 1.47. The van der Waals surface area contributed by atoms with Crippen LogP contribution < -0.4 is 10.1 Å². The SMILES string of the molecule is CCOC(C)(C)CNC(C)c1ccc(F)c(OC)c1. The zero-order valence-electron chi connectivity index (χ0n) is 12.4. The third kappa shape index (κ3) is 4.80. The molecule has 1 N–H and O–H groups in total. The van der Waals surface area contributed by atoms with Gasteiger partial charge >= 0.3 is 0 Å². The lowest BCUT2D eigenvalue weighted by molar-refractivity contribution is -0.0103. The summed E-state index contributed by atoms with van der Waals surface area (Å²) in [5, 5.41) is 3.39. The molecule has 0 fully saturated rings. The van der Waals surface area contributed by atoms with E-state index < -0.39 is 0 Å². The van der Waals surface area contributed by atoms with Crippen LogP contribution in [0.1, 0.15) is 39.3 Å². The van der Waals surface area contributed by atoms with Gasteiger partial charge in [0.1, 0.15) is 0 Å². The van der Waals surface area contributed by atoms with Crippen molar-refractivity contribution in [1.82, 2.24) is 5.32 Å². The molecule has 108 valence electrons. The highest BCUT2D eigenvalue weighted by Crippen LogP contribution is 2.22. The van der Waals surface area contributed by atoms with Gasteiger partial charge in [-0.2, -0.15) is 0 Å². The highest BCUT2D eigenvalue weighted by atomic mass is 19.1. The van der Waals surface area contributed by atoms with Crippen molar-refractivity contribution in [3.63, 3.8) is 0 Å². The van der Waals surface area contributed by atoms with Gasteiger partial charge in [-0.15, -0.1) is 0 Å². The topological polar surface area (TPSA) is 30.5 Å². The Hall–Kier alpha value is -1.13. The van der Waals surface area contributed by atoms with Crippen LogP contribution in [-0.4, -0.2) is 25.9 Å². The fourth-order valence-electron chi connectivity index (χ4n) is 1.90. The summed E-state index contributed by atoms with van der Waals surface area (Å²) < 4.78 is 24.0. The summed E-state index contributed by atoms with van der Waals surface area (Å²) in [5.74, 6) is -0.0664. The molecule has 0 aliphatic carbocycles. The second kappa shape index (κ2) is 6.87. The van der Waals surface area contributed by atoms with Gasteiger partial charge in [0, 0.05) is 19.2 Å². The second-order valence-corrected chi connectivity index (χ2v) is 5.19. The fourth-order valence-corrected chi connectivity index (χ4v) is 1.90. The van der Waals surface area contributed by atoms with E-state index in [0.29, 0.717) is 6.61 Å². The molecule has 0 spiro atoms. The lowest BCUT2D eigenvalue weighted by Crippen LogP contribution is -2.38. The van der Waals surface area contributed by atoms with Gasteiger partial charge < -0.3 is 14.8 Å². The molecule has 1 aromatic rings. The standard InChI is InChI=1S/C15H24FNO2/c1-6-19-15(3,4)10-17-11(2)12-7-8-13(16)14(9-12)18-5/h7-9,11,17H,6,10H2,1-5H3. The van der Waals surface area contributed by atoms with E-state index in [1.807, 2.05) is 27.7 Å². The van der Waals surface area contributed by atoms with Crippen molar-refractivity contribution in [3.8, 4) is 5.75 Å². The van der Waals surface area contributed by atoms with Crippen molar-refractivity contribution >= 4 is 0 Å². The second-order valence-electron chi connectivity index (χ2n) is 5.19. The quantitative estimate of drug-likeness (QED) is 0.824. The Morgan fingerprint density at radius 2 is 2.05 bits per heavy atom. The van der Waals surface area contributed by atoms with E-state index in [0.717, 1.165) is 12.1 Å².